The van der Waals surface area contributed by atoms with Gasteiger partial charge in [-0.1, -0.05) is 33.6 Å². The Kier molecular flexibility index (Phi) is 3.96. The maximum atomic E-state index is 6.29. The van der Waals surface area contributed by atoms with E-state index in [1.807, 2.05) is 0 Å². The third-order valence-corrected chi connectivity index (χ3v) is 3.40. The van der Waals surface area contributed by atoms with Gasteiger partial charge in [0.05, 0.1) is 6.10 Å². The molecule has 0 aromatic heterocycles. The molecule has 1 fully saturated rings. The molecule has 2 unspecified atom stereocenters. The topological polar surface area (TPSA) is 35.2 Å². The molecule has 1 saturated carbocycles. The molecule has 0 saturated heterocycles. The number of methoxy groups -OCH3 is 1. The maximum Gasteiger partial charge on any atom is 0.0772 e. The summed E-state index contributed by atoms with van der Waals surface area (Å²) in [5.41, 5.74) is 6.44. The summed E-state index contributed by atoms with van der Waals surface area (Å²) in [6, 6.07) is 0.211. The number of hydrogen-bond acceptors (Lipinski definition) is 2. The largest absolute Gasteiger partial charge is 0.379 e. The van der Waals surface area contributed by atoms with Crippen molar-refractivity contribution in [2.75, 3.05) is 7.11 Å². The van der Waals surface area contributed by atoms with Gasteiger partial charge in [0.2, 0.25) is 0 Å². The molecule has 2 atom stereocenters. The van der Waals surface area contributed by atoms with Crippen LogP contribution < -0.4 is 5.73 Å². The Hall–Kier alpha value is -0.0800. The lowest BCUT2D eigenvalue weighted by Crippen LogP contribution is -2.48. The molecule has 2 N–H and O–H groups in total. The van der Waals surface area contributed by atoms with Crippen LogP contribution in [0.15, 0.2) is 0 Å². The molecule has 0 radical (unpaired) electrons. The summed E-state index contributed by atoms with van der Waals surface area (Å²) >= 11 is 0. The van der Waals surface area contributed by atoms with E-state index in [0.29, 0.717) is 5.92 Å². The lowest BCUT2D eigenvalue weighted by Gasteiger charge is -2.36. The molecule has 0 bridgehead atoms. The van der Waals surface area contributed by atoms with Gasteiger partial charge < -0.3 is 10.5 Å². The van der Waals surface area contributed by atoms with E-state index < -0.39 is 0 Å². The lowest BCUT2D eigenvalue weighted by molar-refractivity contribution is -0.0150. The number of nitrogens with two attached hydrogens (primary N) is 1. The molecule has 0 aliphatic heterocycles. The fraction of sp³-hybridized carbons (Fsp3) is 1.00. The molecule has 0 aromatic rings. The zero-order chi connectivity index (χ0) is 10.8. The lowest BCUT2D eigenvalue weighted by atomic mass is 9.79. The first-order chi connectivity index (χ1) is 6.46. The highest BCUT2D eigenvalue weighted by Crippen LogP contribution is 2.33. The number of hydrogen-bond donors (Lipinski definition) is 1. The average molecular weight is 199 g/mol. The molecule has 2 heteroatoms. The fourth-order valence-corrected chi connectivity index (χ4v) is 2.68. The van der Waals surface area contributed by atoms with E-state index in [-0.39, 0.29) is 17.6 Å². The van der Waals surface area contributed by atoms with Crippen LogP contribution in [-0.2, 0) is 4.74 Å². The van der Waals surface area contributed by atoms with Gasteiger partial charge in [-0.3, -0.25) is 0 Å². The summed E-state index contributed by atoms with van der Waals surface area (Å²) in [6.07, 6.45) is 5.46. The third-order valence-electron chi connectivity index (χ3n) is 3.40. The predicted octanol–water partition coefficient (Wildman–Crippen LogP) is 2.57. The Balaban J connectivity index is 2.59. The minimum absolute atomic E-state index is 0.150. The molecule has 1 aliphatic carbocycles. The molecule has 1 aliphatic rings. The van der Waals surface area contributed by atoms with Gasteiger partial charge in [0.15, 0.2) is 0 Å². The molecule has 2 nitrogen and oxygen atoms in total. The van der Waals surface area contributed by atoms with E-state index in [4.69, 9.17) is 10.5 Å². The second-order valence-electron chi connectivity index (χ2n) is 5.64. The minimum Gasteiger partial charge on any atom is -0.379 e. The Morgan fingerprint density at radius 3 is 2.07 bits per heavy atom. The van der Waals surface area contributed by atoms with Gasteiger partial charge in [0.25, 0.3) is 0 Å². The zero-order valence-corrected chi connectivity index (χ0v) is 10.0. The minimum atomic E-state index is 0.150. The number of rotatable bonds is 3. The van der Waals surface area contributed by atoms with E-state index in [1.165, 1.54) is 25.7 Å². The standard InChI is InChI=1S/C12H25NO/c1-12(2,3)11(14-4)10(13)9-7-5-6-8-9/h9-11H,5-8,13H2,1-4H3. The summed E-state index contributed by atoms with van der Waals surface area (Å²) in [6.45, 7) is 6.61. The third kappa shape index (κ3) is 2.71. The molecule has 0 spiro atoms. The first-order valence-corrected chi connectivity index (χ1v) is 5.75. The van der Waals surface area contributed by atoms with Crippen LogP contribution in [0.1, 0.15) is 46.5 Å². The monoisotopic (exact) mass is 199 g/mol. The second kappa shape index (κ2) is 4.63. The van der Waals surface area contributed by atoms with Crippen LogP contribution >= 0.6 is 0 Å². The van der Waals surface area contributed by atoms with Gasteiger partial charge in [-0.05, 0) is 24.2 Å². The number of ether oxygens (including phenoxy) is 1. The molecule has 14 heavy (non-hydrogen) atoms. The van der Waals surface area contributed by atoms with Crippen molar-refractivity contribution in [2.24, 2.45) is 17.1 Å². The van der Waals surface area contributed by atoms with E-state index in [1.54, 1.807) is 7.11 Å². The normalized spacial score (nSPS) is 23.8. The predicted molar refractivity (Wildman–Crippen MR) is 60.2 cm³/mol. The van der Waals surface area contributed by atoms with Crippen molar-refractivity contribution < 1.29 is 4.74 Å². The van der Waals surface area contributed by atoms with Crippen molar-refractivity contribution in [3.63, 3.8) is 0 Å². The van der Waals surface area contributed by atoms with Crippen LogP contribution in [-0.4, -0.2) is 19.3 Å². The van der Waals surface area contributed by atoms with E-state index in [0.717, 1.165) is 0 Å². The quantitative estimate of drug-likeness (QED) is 0.758. The van der Waals surface area contributed by atoms with Gasteiger partial charge >= 0.3 is 0 Å². The summed E-state index contributed by atoms with van der Waals surface area (Å²) in [4.78, 5) is 0. The molecule has 0 amide bonds. The molecule has 84 valence electrons. The zero-order valence-electron chi connectivity index (χ0n) is 10.0. The van der Waals surface area contributed by atoms with Crippen LogP contribution in [0.25, 0.3) is 0 Å². The SMILES string of the molecule is COC(C(N)C1CCCC1)C(C)(C)C. The van der Waals surface area contributed by atoms with Gasteiger partial charge in [0.1, 0.15) is 0 Å². The Labute approximate surface area is 88.2 Å². The van der Waals surface area contributed by atoms with Gasteiger partial charge in [-0.2, -0.15) is 0 Å². The van der Waals surface area contributed by atoms with Crippen molar-refractivity contribution in [1.82, 2.24) is 0 Å². The maximum absolute atomic E-state index is 6.29. The summed E-state index contributed by atoms with van der Waals surface area (Å²) in [7, 11) is 1.78. The van der Waals surface area contributed by atoms with Crippen LogP contribution in [0.2, 0.25) is 0 Å². The van der Waals surface area contributed by atoms with Crippen LogP contribution in [0.5, 0.6) is 0 Å². The summed E-state index contributed by atoms with van der Waals surface area (Å²) < 4.78 is 5.56. The summed E-state index contributed by atoms with van der Waals surface area (Å²) in [5.74, 6) is 0.680. The first kappa shape index (κ1) is 12.0. The molecular weight excluding hydrogens is 174 g/mol. The molecule has 0 heterocycles. The van der Waals surface area contributed by atoms with Crippen molar-refractivity contribution in [3.8, 4) is 0 Å². The average Bonchev–Trinajstić information content (AvgIpc) is 2.53. The second-order valence-corrected chi connectivity index (χ2v) is 5.64. The van der Waals surface area contributed by atoms with Crippen LogP contribution in [0, 0.1) is 11.3 Å². The van der Waals surface area contributed by atoms with Crippen molar-refractivity contribution >= 4 is 0 Å². The Morgan fingerprint density at radius 1 is 1.21 bits per heavy atom. The fourth-order valence-electron chi connectivity index (χ4n) is 2.68. The van der Waals surface area contributed by atoms with Crippen molar-refractivity contribution in [3.05, 3.63) is 0 Å². The van der Waals surface area contributed by atoms with Crippen LogP contribution in [0.4, 0.5) is 0 Å². The highest BCUT2D eigenvalue weighted by Gasteiger charge is 2.35. The van der Waals surface area contributed by atoms with E-state index in [9.17, 15) is 0 Å². The first-order valence-electron chi connectivity index (χ1n) is 5.75. The smallest absolute Gasteiger partial charge is 0.0772 e. The molecule has 0 aromatic carbocycles. The molecule has 1 rings (SSSR count). The Bertz CT molecular complexity index is 168. The van der Waals surface area contributed by atoms with Crippen molar-refractivity contribution in [2.45, 2.75) is 58.6 Å². The van der Waals surface area contributed by atoms with E-state index in [2.05, 4.69) is 20.8 Å². The van der Waals surface area contributed by atoms with Crippen LogP contribution in [0.3, 0.4) is 0 Å². The Morgan fingerprint density at radius 2 is 1.71 bits per heavy atom. The molecular formula is C12H25NO. The highest BCUT2D eigenvalue weighted by molar-refractivity contribution is 4.90. The van der Waals surface area contributed by atoms with Gasteiger partial charge in [0, 0.05) is 13.2 Å². The van der Waals surface area contributed by atoms with Gasteiger partial charge in [-0.25, -0.2) is 0 Å². The van der Waals surface area contributed by atoms with Gasteiger partial charge in [-0.15, -0.1) is 0 Å². The van der Waals surface area contributed by atoms with E-state index >= 15 is 0 Å². The van der Waals surface area contributed by atoms with Crippen molar-refractivity contribution in [1.29, 1.82) is 0 Å². The highest BCUT2D eigenvalue weighted by atomic mass is 16.5. The summed E-state index contributed by atoms with van der Waals surface area (Å²) in [5, 5.41) is 0.